The monoisotopic (exact) mass is 492 g/mol. The number of phenols is 3. The number of fused-ring (bicyclic) bond motifs is 1. The summed E-state index contributed by atoms with van der Waals surface area (Å²) in [5.74, 6) is -2.44. The second kappa shape index (κ2) is 9.15. The average molecular weight is 492 g/mol. The highest BCUT2D eigenvalue weighted by molar-refractivity contribution is 5.91. The van der Waals surface area contributed by atoms with Crippen molar-refractivity contribution in [2.45, 2.75) is 37.6 Å². The van der Waals surface area contributed by atoms with Gasteiger partial charge in [0.1, 0.15) is 29.3 Å². The molecule has 0 aliphatic carbocycles. The highest BCUT2D eigenvalue weighted by atomic mass is 16.7. The van der Waals surface area contributed by atoms with Gasteiger partial charge in [-0.3, -0.25) is 4.79 Å². The van der Waals surface area contributed by atoms with Crippen LogP contribution in [0.4, 0.5) is 0 Å². The molecule has 2 heterocycles. The fourth-order valence-electron chi connectivity index (χ4n) is 3.81. The van der Waals surface area contributed by atoms with E-state index in [-0.39, 0.29) is 33.8 Å². The first-order chi connectivity index (χ1) is 16.6. The minimum atomic E-state index is -1.75. The molecule has 6 N–H and O–H groups in total. The van der Waals surface area contributed by atoms with Gasteiger partial charge in [0.25, 0.3) is 0 Å². The van der Waals surface area contributed by atoms with Crippen LogP contribution in [0.25, 0.3) is 22.3 Å². The Balaban J connectivity index is 1.97. The normalized spacial score (nSPS) is 24.3. The minimum Gasteiger partial charge on any atom is -0.504 e. The van der Waals surface area contributed by atoms with E-state index in [2.05, 4.69) is 0 Å². The molecule has 0 bridgehead atoms. The van der Waals surface area contributed by atoms with Crippen LogP contribution in [0, 0.1) is 0 Å². The quantitative estimate of drug-likeness (QED) is 0.275. The summed E-state index contributed by atoms with van der Waals surface area (Å²) < 4.78 is 27.3. The number of hydrogen-bond donors (Lipinski definition) is 6. The second-order valence-corrected chi connectivity index (χ2v) is 7.93. The fraction of sp³-hybridized carbons (Fsp3) is 0.348. The molecule has 35 heavy (non-hydrogen) atoms. The molecule has 1 aromatic heterocycles. The maximum atomic E-state index is 13.6. The number of aliphatic hydroxyl groups excluding tert-OH is 3. The molecule has 12 nitrogen and oxygen atoms in total. The van der Waals surface area contributed by atoms with Gasteiger partial charge in [0, 0.05) is 11.6 Å². The number of hydrogen-bond acceptors (Lipinski definition) is 12. The predicted octanol–water partition coefficient (Wildman–Crippen LogP) is 0.800. The number of ether oxygens (including phenoxy) is 4. The summed E-state index contributed by atoms with van der Waals surface area (Å²) >= 11 is 0. The van der Waals surface area contributed by atoms with Crippen LogP contribution in [0.5, 0.6) is 34.5 Å². The zero-order valence-electron chi connectivity index (χ0n) is 18.8. The third kappa shape index (κ3) is 4.06. The third-order valence-corrected chi connectivity index (χ3v) is 5.74. The lowest BCUT2D eigenvalue weighted by Crippen LogP contribution is -2.58. The van der Waals surface area contributed by atoms with Crippen molar-refractivity contribution >= 4 is 11.0 Å². The van der Waals surface area contributed by atoms with Crippen LogP contribution in [-0.4, -0.2) is 75.6 Å². The van der Waals surface area contributed by atoms with Crippen molar-refractivity contribution in [1.29, 1.82) is 0 Å². The zero-order valence-corrected chi connectivity index (χ0v) is 18.8. The maximum absolute atomic E-state index is 13.6. The van der Waals surface area contributed by atoms with Crippen molar-refractivity contribution in [2.75, 3.05) is 14.2 Å². The molecule has 1 saturated heterocycles. The van der Waals surface area contributed by atoms with E-state index >= 15 is 0 Å². The highest BCUT2D eigenvalue weighted by Gasteiger charge is 2.44. The smallest absolute Gasteiger partial charge is 0.239 e. The van der Waals surface area contributed by atoms with Gasteiger partial charge in [0.05, 0.1) is 20.3 Å². The summed E-state index contributed by atoms with van der Waals surface area (Å²) in [6, 6.07) is 4.88. The van der Waals surface area contributed by atoms with E-state index in [1.165, 1.54) is 33.3 Å². The molecular weight excluding hydrogens is 468 g/mol. The fourth-order valence-corrected chi connectivity index (χ4v) is 3.81. The van der Waals surface area contributed by atoms with E-state index in [9.17, 15) is 35.4 Å². The topological polar surface area (TPSA) is 189 Å². The van der Waals surface area contributed by atoms with Crippen molar-refractivity contribution < 1.29 is 54.0 Å². The molecular formula is C23H24O12. The van der Waals surface area contributed by atoms with E-state index in [1.54, 1.807) is 0 Å². The molecule has 5 atom stereocenters. The Bertz CT molecular complexity index is 1320. The maximum Gasteiger partial charge on any atom is 0.239 e. The molecule has 2 aromatic carbocycles. The lowest BCUT2D eigenvalue weighted by molar-refractivity contribution is -0.268. The summed E-state index contributed by atoms with van der Waals surface area (Å²) in [6.07, 6.45) is -7.39. The molecule has 0 saturated carbocycles. The van der Waals surface area contributed by atoms with Crippen LogP contribution in [0.3, 0.4) is 0 Å². The van der Waals surface area contributed by atoms with Crippen LogP contribution in [0.2, 0.25) is 0 Å². The Morgan fingerprint density at radius 3 is 2.23 bits per heavy atom. The Kier molecular flexibility index (Phi) is 6.38. The summed E-state index contributed by atoms with van der Waals surface area (Å²) in [5, 5.41) is 60.5. The summed E-state index contributed by atoms with van der Waals surface area (Å²) in [5.41, 5.74) is -0.951. The molecule has 1 aliphatic heterocycles. The number of methoxy groups -OCH3 is 2. The van der Waals surface area contributed by atoms with Gasteiger partial charge in [-0.25, -0.2) is 0 Å². The van der Waals surface area contributed by atoms with Gasteiger partial charge in [0.2, 0.25) is 23.2 Å². The Morgan fingerprint density at radius 1 is 0.886 bits per heavy atom. The standard InChI is InChI=1S/C23H24O12/c1-8-15(26)18(29)19(30)23(33-8)35-22-17(28)14-12(7-13(31-2)21(32-3)16(14)27)34-20(22)9-4-5-10(24)11(25)6-9/h4-8,15,18-19,23-27,29-30H,1-3H3. The molecule has 0 spiro atoms. The van der Waals surface area contributed by atoms with E-state index in [4.69, 9.17) is 23.4 Å². The molecule has 0 radical (unpaired) electrons. The first-order valence-corrected chi connectivity index (χ1v) is 10.4. The highest BCUT2D eigenvalue weighted by Crippen LogP contribution is 2.44. The van der Waals surface area contributed by atoms with E-state index in [1.807, 2.05) is 0 Å². The van der Waals surface area contributed by atoms with Crippen LogP contribution in [0.15, 0.2) is 33.5 Å². The van der Waals surface area contributed by atoms with E-state index in [0.29, 0.717) is 0 Å². The van der Waals surface area contributed by atoms with Gasteiger partial charge in [-0.2, -0.15) is 0 Å². The van der Waals surface area contributed by atoms with Gasteiger partial charge < -0.3 is 54.0 Å². The predicted molar refractivity (Wildman–Crippen MR) is 119 cm³/mol. The summed E-state index contributed by atoms with van der Waals surface area (Å²) in [6.45, 7) is 1.43. The first-order valence-electron chi connectivity index (χ1n) is 10.4. The minimum absolute atomic E-state index is 0.0609. The van der Waals surface area contributed by atoms with Crippen molar-refractivity contribution in [3.05, 3.63) is 34.5 Å². The van der Waals surface area contributed by atoms with E-state index < -0.39 is 59.1 Å². The Hall–Kier alpha value is -3.71. The van der Waals surface area contributed by atoms with Crippen molar-refractivity contribution in [3.63, 3.8) is 0 Å². The van der Waals surface area contributed by atoms with Crippen LogP contribution >= 0.6 is 0 Å². The molecule has 0 amide bonds. The lowest BCUT2D eigenvalue weighted by Gasteiger charge is -2.38. The zero-order chi connectivity index (χ0) is 25.6. The molecule has 12 heteroatoms. The molecule has 5 unspecified atom stereocenters. The van der Waals surface area contributed by atoms with Gasteiger partial charge in [-0.15, -0.1) is 0 Å². The SMILES string of the molecule is COc1cc2oc(-c3ccc(O)c(O)c3)c(OC3OC(C)C(O)C(O)C3O)c(=O)c2c(O)c1OC. The van der Waals surface area contributed by atoms with Gasteiger partial charge >= 0.3 is 0 Å². The number of aliphatic hydroxyl groups is 3. The summed E-state index contributed by atoms with van der Waals surface area (Å²) in [4.78, 5) is 13.6. The average Bonchev–Trinajstić information content (AvgIpc) is 2.83. The first kappa shape index (κ1) is 24.4. The van der Waals surface area contributed by atoms with Crippen LogP contribution < -0.4 is 19.6 Å². The second-order valence-electron chi connectivity index (χ2n) is 7.93. The van der Waals surface area contributed by atoms with E-state index in [0.717, 1.165) is 12.1 Å². The largest absolute Gasteiger partial charge is 0.504 e. The summed E-state index contributed by atoms with van der Waals surface area (Å²) in [7, 11) is 2.58. The number of aromatic hydroxyl groups is 3. The number of rotatable bonds is 5. The Morgan fingerprint density at radius 2 is 1.60 bits per heavy atom. The van der Waals surface area contributed by atoms with Gasteiger partial charge in [0.15, 0.2) is 28.8 Å². The third-order valence-electron chi connectivity index (χ3n) is 5.74. The molecule has 1 fully saturated rings. The van der Waals surface area contributed by atoms with Crippen molar-refractivity contribution in [3.8, 4) is 45.8 Å². The number of benzene rings is 2. The molecule has 1 aliphatic rings. The van der Waals surface area contributed by atoms with Gasteiger partial charge in [-0.05, 0) is 25.1 Å². The van der Waals surface area contributed by atoms with Crippen molar-refractivity contribution in [2.24, 2.45) is 0 Å². The van der Waals surface area contributed by atoms with Crippen LogP contribution in [0.1, 0.15) is 6.92 Å². The van der Waals surface area contributed by atoms with Crippen molar-refractivity contribution in [1.82, 2.24) is 0 Å². The van der Waals surface area contributed by atoms with Gasteiger partial charge in [-0.1, -0.05) is 0 Å². The molecule has 4 rings (SSSR count). The lowest BCUT2D eigenvalue weighted by atomic mass is 10.00. The molecule has 188 valence electrons. The number of phenolic OH excluding ortho intramolecular Hbond substituents is 3. The van der Waals surface area contributed by atoms with Crippen LogP contribution in [-0.2, 0) is 4.74 Å². The Labute approximate surface area is 197 Å². The molecule has 3 aromatic rings.